The molecule has 1 saturated heterocycles. The van der Waals surface area contributed by atoms with Crippen molar-refractivity contribution in [3.05, 3.63) is 24.3 Å². The molecule has 1 aromatic carbocycles. The molecule has 0 aromatic heterocycles. The maximum atomic E-state index is 12.3. The molecule has 1 aromatic rings. The molecule has 0 radical (unpaired) electrons. The highest BCUT2D eigenvalue weighted by atomic mass is 31.2. The van der Waals surface area contributed by atoms with E-state index >= 15 is 0 Å². The fourth-order valence-electron chi connectivity index (χ4n) is 1.85. The fourth-order valence-corrected chi connectivity index (χ4v) is 4.79. The van der Waals surface area contributed by atoms with E-state index in [0.29, 0.717) is 0 Å². The summed E-state index contributed by atoms with van der Waals surface area (Å²) in [5, 5.41) is 10.1. The zero-order chi connectivity index (χ0) is 9.31. The molecule has 13 heavy (non-hydrogen) atoms. The number of aromatic hydroxyl groups is 1. The van der Waals surface area contributed by atoms with Gasteiger partial charge in [0.1, 0.15) is 12.9 Å². The second-order valence-corrected chi connectivity index (χ2v) is 6.75. The second-order valence-electron chi connectivity index (χ2n) is 3.56. The Balaban J connectivity index is 2.39. The molecule has 1 fully saturated rings. The van der Waals surface area contributed by atoms with E-state index in [2.05, 4.69) is 0 Å². The summed E-state index contributed by atoms with van der Waals surface area (Å²) in [7, 11) is -2.11. The molecule has 0 amide bonds. The van der Waals surface area contributed by atoms with Crippen LogP contribution >= 0.6 is 7.14 Å². The molecule has 1 aliphatic heterocycles. The molecule has 0 spiro atoms. The predicted octanol–water partition coefficient (Wildman–Crippen LogP) is 2.17. The minimum absolute atomic E-state index is 0.222. The molecule has 0 saturated carbocycles. The minimum atomic E-state index is -2.11. The van der Waals surface area contributed by atoms with Crippen LogP contribution in [0.15, 0.2) is 24.3 Å². The highest BCUT2D eigenvalue weighted by Gasteiger charge is 2.28. The largest absolute Gasteiger partial charge is 0.508 e. The predicted molar refractivity (Wildman–Crippen MR) is 54.3 cm³/mol. The Hall–Kier alpha value is -0.750. The van der Waals surface area contributed by atoms with E-state index in [-0.39, 0.29) is 5.75 Å². The van der Waals surface area contributed by atoms with Crippen LogP contribution in [0.4, 0.5) is 0 Å². The molecule has 70 valence electrons. The molecule has 0 bridgehead atoms. The van der Waals surface area contributed by atoms with Crippen molar-refractivity contribution in [1.82, 2.24) is 0 Å². The number of rotatable bonds is 1. The number of benzene rings is 1. The Morgan fingerprint density at radius 1 is 1.23 bits per heavy atom. The quantitative estimate of drug-likeness (QED) is 0.699. The van der Waals surface area contributed by atoms with Gasteiger partial charge in [-0.15, -0.1) is 0 Å². The first-order chi connectivity index (χ1) is 6.21. The van der Waals surface area contributed by atoms with Crippen LogP contribution in [0.3, 0.4) is 0 Å². The lowest BCUT2D eigenvalue weighted by Crippen LogP contribution is -2.05. The van der Waals surface area contributed by atoms with Crippen LogP contribution in [0.1, 0.15) is 12.8 Å². The number of hydrogen-bond acceptors (Lipinski definition) is 2. The molecular weight excluding hydrogens is 183 g/mol. The molecule has 2 nitrogen and oxygen atoms in total. The van der Waals surface area contributed by atoms with Gasteiger partial charge in [-0.05, 0) is 25.0 Å². The Morgan fingerprint density at radius 3 is 2.54 bits per heavy atom. The Morgan fingerprint density at radius 2 is 1.92 bits per heavy atom. The lowest BCUT2D eigenvalue weighted by Gasteiger charge is -2.10. The summed E-state index contributed by atoms with van der Waals surface area (Å²) in [5.41, 5.74) is 0. The van der Waals surface area contributed by atoms with Gasteiger partial charge in [-0.3, -0.25) is 0 Å². The van der Waals surface area contributed by atoms with Crippen molar-refractivity contribution in [2.45, 2.75) is 12.8 Å². The third-order valence-corrected chi connectivity index (χ3v) is 5.89. The van der Waals surface area contributed by atoms with Gasteiger partial charge in [0.05, 0.1) is 0 Å². The third-order valence-electron chi connectivity index (χ3n) is 2.59. The second kappa shape index (κ2) is 3.19. The average Bonchev–Trinajstić information content (AvgIpc) is 2.54. The Kier molecular flexibility index (Phi) is 2.17. The van der Waals surface area contributed by atoms with Gasteiger partial charge < -0.3 is 9.67 Å². The molecule has 1 aliphatic rings. The smallest absolute Gasteiger partial charge is 0.116 e. The van der Waals surface area contributed by atoms with Crippen molar-refractivity contribution in [2.24, 2.45) is 0 Å². The van der Waals surface area contributed by atoms with E-state index in [1.54, 1.807) is 18.2 Å². The highest BCUT2D eigenvalue weighted by Crippen LogP contribution is 2.51. The van der Waals surface area contributed by atoms with Gasteiger partial charge in [0.2, 0.25) is 0 Å². The van der Waals surface area contributed by atoms with Crippen molar-refractivity contribution in [2.75, 3.05) is 12.3 Å². The van der Waals surface area contributed by atoms with Crippen molar-refractivity contribution < 1.29 is 9.67 Å². The van der Waals surface area contributed by atoms with Gasteiger partial charge in [-0.2, -0.15) is 0 Å². The van der Waals surface area contributed by atoms with Crippen molar-refractivity contribution in [1.29, 1.82) is 0 Å². The summed E-state index contributed by atoms with van der Waals surface area (Å²) in [6.45, 7) is 0. The summed E-state index contributed by atoms with van der Waals surface area (Å²) in [5.74, 6) is 0.222. The maximum Gasteiger partial charge on any atom is 0.116 e. The van der Waals surface area contributed by atoms with E-state index in [1.807, 2.05) is 6.07 Å². The molecule has 0 atom stereocenters. The lowest BCUT2D eigenvalue weighted by molar-refractivity contribution is 0.475. The first kappa shape index (κ1) is 8.83. The van der Waals surface area contributed by atoms with E-state index in [4.69, 9.17) is 0 Å². The van der Waals surface area contributed by atoms with Gasteiger partial charge in [0, 0.05) is 17.6 Å². The van der Waals surface area contributed by atoms with Gasteiger partial charge in [0.25, 0.3) is 0 Å². The molecule has 1 N–H and O–H groups in total. The van der Waals surface area contributed by atoms with Crippen LogP contribution in [0.2, 0.25) is 0 Å². The highest BCUT2D eigenvalue weighted by molar-refractivity contribution is 7.71. The first-order valence-corrected chi connectivity index (χ1v) is 6.66. The summed E-state index contributed by atoms with van der Waals surface area (Å²) < 4.78 is 12.3. The number of hydrogen-bond donors (Lipinski definition) is 1. The van der Waals surface area contributed by atoms with Crippen molar-refractivity contribution in [3.8, 4) is 5.75 Å². The van der Waals surface area contributed by atoms with Crippen LogP contribution in [-0.2, 0) is 4.57 Å². The lowest BCUT2D eigenvalue weighted by atomic mass is 10.3. The minimum Gasteiger partial charge on any atom is -0.508 e. The molecule has 1 heterocycles. The van der Waals surface area contributed by atoms with Crippen LogP contribution in [0.5, 0.6) is 5.75 Å². The third kappa shape index (κ3) is 1.64. The molecule has 0 aliphatic carbocycles. The number of phenolic OH excluding ortho intramolecular Hbond substituents is 1. The SMILES string of the molecule is O=P1(c2cccc(O)c2)CCCC1. The van der Waals surface area contributed by atoms with Crippen molar-refractivity contribution in [3.63, 3.8) is 0 Å². The molecular formula is C10H13O2P. The topological polar surface area (TPSA) is 37.3 Å². The van der Waals surface area contributed by atoms with Crippen molar-refractivity contribution >= 4 is 12.4 Å². The fraction of sp³-hybridized carbons (Fsp3) is 0.400. The summed E-state index contributed by atoms with van der Waals surface area (Å²) in [6.07, 6.45) is 3.76. The Bertz CT molecular complexity index is 350. The van der Waals surface area contributed by atoms with Gasteiger partial charge in [0.15, 0.2) is 0 Å². The number of phenols is 1. The molecule has 0 unspecified atom stereocenters. The van der Waals surface area contributed by atoms with E-state index < -0.39 is 7.14 Å². The molecule has 2 rings (SSSR count). The van der Waals surface area contributed by atoms with E-state index in [0.717, 1.165) is 30.5 Å². The van der Waals surface area contributed by atoms with Crippen LogP contribution in [0, 0.1) is 0 Å². The standard InChI is InChI=1S/C10H13O2P/c11-9-4-3-5-10(8-9)13(12)6-1-2-7-13/h3-5,8,11H,1-2,6-7H2. The van der Waals surface area contributed by atoms with Crippen LogP contribution in [-0.4, -0.2) is 17.4 Å². The van der Waals surface area contributed by atoms with Gasteiger partial charge in [-0.25, -0.2) is 0 Å². The van der Waals surface area contributed by atoms with E-state index in [1.165, 1.54) is 0 Å². The zero-order valence-corrected chi connectivity index (χ0v) is 8.33. The average molecular weight is 196 g/mol. The Labute approximate surface area is 78.0 Å². The van der Waals surface area contributed by atoms with Crippen LogP contribution < -0.4 is 5.30 Å². The zero-order valence-electron chi connectivity index (χ0n) is 7.44. The normalized spacial score (nSPS) is 20.3. The van der Waals surface area contributed by atoms with Gasteiger partial charge >= 0.3 is 0 Å². The van der Waals surface area contributed by atoms with Gasteiger partial charge in [-0.1, -0.05) is 12.1 Å². The van der Waals surface area contributed by atoms with E-state index in [9.17, 15) is 9.67 Å². The summed E-state index contributed by atoms with van der Waals surface area (Å²) in [4.78, 5) is 0. The first-order valence-electron chi connectivity index (χ1n) is 4.58. The summed E-state index contributed by atoms with van der Waals surface area (Å²) >= 11 is 0. The monoisotopic (exact) mass is 196 g/mol. The molecule has 3 heteroatoms. The summed E-state index contributed by atoms with van der Waals surface area (Å²) in [6, 6.07) is 6.90. The van der Waals surface area contributed by atoms with Crippen LogP contribution in [0.25, 0.3) is 0 Å². The maximum absolute atomic E-state index is 12.3.